The Labute approximate surface area is 178 Å². The molecule has 0 radical (unpaired) electrons. The van der Waals surface area contributed by atoms with Gasteiger partial charge in [0.2, 0.25) is 0 Å². The maximum Gasteiger partial charge on any atom is 0.165 e. The highest BCUT2D eigenvalue weighted by Crippen LogP contribution is 2.30. The van der Waals surface area contributed by atoms with Gasteiger partial charge in [0.25, 0.3) is 0 Å². The van der Waals surface area contributed by atoms with Crippen molar-refractivity contribution in [2.24, 2.45) is 5.92 Å². The Hall–Kier alpha value is -2.67. The Morgan fingerprint density at radius 3 is 2.60 bits per heavy atom. The minimum absolute atomic E-state index is 0.748. The lowest BCUT2D eigenvalue weighted by atomic mass is 10.0. The van der Waals surface area contributed by atoms with Crippen LogP contribution in [0.1, 0.15) is 38.8 Å². The van der Waals surface area contributed by atoms with Crippen molar-refractivity contribution in [1.29, 1.82) is 0 Å². The third kappa shape index (κ3) is 4.73. The van der Waals surface area contributed by atoms with Crippen LogP contribution in [-0.2, 0) is 6.42 Å². The molecule has 2 fully saturated rings. The molecular weight excluding hydrogens is 376 g/mol. The van der Waals surface area contributed by atoms with Crippen LogP contribution in [0.4, 0.5) is 5.82 Å². The highest BCUT2D eigenvalue weighted by Gasteiger charge is 2.17. The Kier molecular flexibility index (Phi) is 6.47. The summed E-state index contributed by atoms with van der Waals surface area (Å²) < 4.78 is 7.22. The third-order valence-corrected chi connectivity index (χ3v) is 5.62. The molecule has 7 heteroatoms. The van der Waals surface area contributed by atoms with Crippen LogP contribution in [0.3, 0.4) is 0 Å². The molecule has 3 aromatic rings. The van der Waals surface area contributed by atoms with Crippen LogP contribution in [0, 0.1) is 5.92 Å². The Morgan fingerprint density at radius 2 is 1.93 bits per heavy atom. The van der Waals surface area contributed by atoms with Crippen LogP contribution >= 0.6 is 0 Å². The number of anilines is 1. The number of hydrogen-bond donors (Lipinski definition) is 1. The molecule has 5 rings (SSSR count). The van der Waals surface area contributed by atoms with E-state index in [0.29, 0.717) is 0 Å². The van der Waals surface area contributed by atoms with E-state index in [1.54, 1.807) is 13.3 Å². The van der Waals surface area contributed by atoms with E-state index < -0.39 is 0 Å². The van der Waals surface area contributed by atoms with Crippen LogP contribution < -0.4 is 15.0 Å². The first-order valence-corrected chi connectivity index (χ1v) is 11.0. The highest BCUT2D eigenvalue weighted by atomic mass is 16.5. The van der Waals surface area contributed by atoms with E-state index in [1.807, 2.05) is 29.0 Å². The zero-order valence-electron chi connectivity index (χ0n) is 18.3. The number of piperazine rings is 1. The van der Waals surface area contributed by atoms with Gasteiger partial charge in [0.05, 0.1) is 19.5 Å². The van der Waals surface area contributed by atoms with Crippen molar-refractivity contribution >= 4 is 11.5 Å². The normalized spacial score (nSPS) is 16.3. The molecule has 30 heavy (non-hydrogen) atoms. The van der Waals surface area contributed by atoms with E-state index in [9.17, 15) is 0 Å². The summed E-state index contributed by atoms with van der Waals surface area (Å²) in [6.07, 6.45) is 10.6. The van der Waals surface area contributed by atoms with Gasteiger partial charge >= 0.3 is 0 Å². The predicted octanol–water partition coefficient (Wildman–Crippen LogP) is 3.58. The Bertz CT molecular complexity index is 975. The molecule has 2 aliphatic rings. The van der Waals surface area contributed by atoms with Gasteiger partial charge in [-0.3, -0.25) is 4.98 Å². The molecule has 0 spiro atoms. The van der Waals surface area contributed by atoms with Crippen molar-refractivity contribution in [2.45, 2.75) is 39.5 Å². The number of ether oxygens (including phenoxy) is 1. The molecule has 3 aromatic heterocycles. The number of aromatic nitrogens is 4. The highest BCUT2D eigenvalue weighted by molar-refractivity contribution is 5.80. The lowest BCUT2D eigenvalue weighted by Crippen LogP contribution is -2.43. The van der Waals surface area contributed by atoms with Gasteiger partial charge in [0, 0.05) is 49.2 Å². The van der Waals surface area contributed by atoms with Crippen molar-refractivity contribution in [3.63, 3.8) is 0 Å². The van der Waals surface area contributed by atoms with Gasteiger partial charge in [-0.05, 0) is 24.5 Å². The maximum absolute atomic E-state index is 5.39. The molecule has 1 N–H and O–H groups in total. The molecule has 1 aliphatic carbocycles. The van der Waals surface area contributed by atoms with E-state index in [-0.39, 0.29) is 0 Å². The first-order valence-electron chi connectivity index (χ1n) is 11.0. The van der Waals surface area contributed by atoms with Crippen molar-refractivity contribution in [3.05, 3.63) is 36.4 Å². The summed E-state index contributed by atoms with van der Waals surface area (Å²) in [5.41, 5.74) is 3.95. The van der Waals surface area contributed by atoms with E-state index in [1.165, 1.54) is 12.8 Å². The molecule has 160 valence electrons. The molecular formula is C23H32N6O. The number of hydrogen-bond acceptors (Lipinski definition) is 6. The van der Waals surface area contributed by atoms with Crippen molar-refractivity contribution < 1.29 is 4.74 Å². The van der Waals surface area contributed by atoms with E-state index in [0.717, 1.165) is 79.0 Å². The fourth-order valence-corrected chi connectivity index (χ4v) is 3.54. The molecule has 1 saturated heterocycles. The SMILES string of the molecule is CC1CC1.CCCc1ncc(OC)cc1-c1cnn2ccc(N3CCNCC3)nc12. The van der Waals surface area contributed by atoms with Crippen molar-refractivity contribution in [1.82, 2.24) is 24.9 Å². The van der Waals surface area contributed by atoms with Gasteiger partial charge in [0.1, 0.15) is 11.6 Å². The first kappa shape index (κ1) is 20.6. The summed E-state index contributed by atoms with van der Waals surface area (Å²) in [6.45, 7) is 8.34. The third-order valence-electron chi connectivity index (χ3n) is 5.62. The average Bonchev–Trinajstić information content (AvgIpc) is 3.46. The van der Waals surface area contributed by atoms with Crippen molar-refractivity contribution in [3.8, 4) is 16.9 Å². The standard InChI is InChI=1S/C19H24N6O.C4H8/c1-3-4-17-15(11-14(26-2)12-21-17)16-13-22-25-8-5-18(23-19(16)25)24-9-6-20-7-10-24;1-4-2-3-4/h5,8,11-13,20H,3-4,6-7,9-10H2,1-2H3;4H,2-3H2,1H3. The number of nitrogens with zero attached hydrogens (tertiary/aromatic N) is 5. The summed E-state index contributed by atoms with van der Waals surface area (Å²) in [4.78, 5) is 11.8. The molecule has 7 nitrogen and oxygen atoms in total. The number of methoxy groups -OCH3 is 1. The average molecular weight is 409 g/mol. The molecule has 1 aliphatic heterocycles. The summed E-state index contributed by atoms with van der Waals surface area (Å²) in [5, 5.41) is 7.87. The van der Waals surface area contributed by atoms with Gasteiger partial charge in [-0.1, -0.05) is 33.1 Å². The van der Waals surface area contributed by atoms with Gasteiger partial charge in [-0.2, -0.15) is 5.10 Å². The zero-order chi connectivity index (χ0) is 20.9. The second kappa shape index (κ2) is 9.43. The lowest BCUT2D eigenvalue weighted by molar-refractivity contribution is 0.412. The van der Waals surface area contributed by atoms with E-state index in [4.69, 9.17) is 9.72 Å². The minimum Gasteiger partial charge on any atom is -0.495 e. The summed E-state index contributed by atoms with van der Waals surface area (Å²) in [6, 6.07) is 4.07. The van der Waals surface area contributed by atoms with Crippen molar-refractivity contribution in [2.75, 3.05) is 38.2 Å². The molecule has 4 heterocycles. The van der Waals surface area contributed by atoms with Crippen LogP contribution in [0.25, 0.3) is 16.8 Å². The zero-order valence-corrected chi connectivity index (χ0v) is 18.3. The number of pyridine rings is 1. The fourth-order valence-electron chi connectivity index (χ4n) is 3.54. The van der Waals surface area contributed by atoms with Crippen LogP contribution in [0.2, 0.25) is 0 Å². The second-order valence-electron chi connectivity index (χ2n) is 8.15. The lowest BCUT2D eigenvalue weighted by Gasteiger charge is -2.28. The summed E-state index contributed by atoms with van der Waals surface area (Å²) >= 11 is 0. The number of rotatable bonds is 5. The van der Waals surface area contributed by atoms with E-state index >= 15 is 0 Å². The number of fused-ring (bicyclic) bond motifs is 1. The Morgan fingerprint density at radius 1 is 1.17 bits per heavy atom. The maximum atomic E-state index is 5.39. The van der Waals surface area contributed by atoms with Gasteiger partial charge < -0.3 is 15.0 Å². The van der Waals surface area contributed by atoms with Crippen LogP contribution in [0.15, 0.2) is 30.7 Å². The minimum atomic E-state index is 0.748. The Balaban J connectivity index is 0.000000489. The molecule has 0 unspecified atom stereocenters. The van der Waals surface area contributed by atoms with Gasteiger partial charge in [-0.15, -0.1) is 0 Å². The second-order valence-corrected chi connectivity index (χ2v) is 8.15. The summed E-state index contributed by atoms with van der Waals surface area (Å²) in [5.74, 6) is 2.83. The monoisotopic (exact) mass is 408 g/mol. The predicted molar refractivity (Wildman–Crippen MR) is 120 cm³/mol. The molecule has 0 bridgehead atoms. The smallest absolute Gasteiger partial charge is 0.165 e. The molecule has 1 saturated carbocycles. The van der Waals surface area contributed by atoms with Crippen LogP contribution in [0.5, 0.6) is 5.75 Å². The van der Waals surface area contributed by atoms with Gasteiger partial charge in [0.15, 0.2) is 5.65 Å². The number of aryl methyl sites for hydroxylation is 1. The molecule has 0 atom stereocenters. The van der Waals surface area contributed by atoms with Gasteiger partial charge in [-0.25, -0.2) is 9.50 Å². The first-order chi connectivity index (χ1) is 14.7. The fraction of sp³-hybridized carbons (Fsp3) is 0.522. The van der Waals surface area contributed by atoms with E-state index in [2.05, 4.69) is 34.1 Å². The molecule has 0 aromatic carbocycles. The van der Waals surface area contributed by atoms with Crippen LogP contribution in [-0.4, -0.2) is 52.9 Å². The quantitative estimate of drug-likeness (QED) is 0.696. The molecule has 0 amide bonds. The summed E-state index contributed by atoms with van der Waals surface area (Å²) in [7, 11) is 1.66. The largest absolute Gasteiger partial charge is 0.495 e. The number of nitrogens with one attached hydrogen (secondary N) is 1. The topological polar surface area (TPSA) is 67.6 Å².